The first-order valence-electron chi connectivity index (χ1n) is 8.39. The largest absolute Gasteiger partial charge is 0.465 e. The van der Waals surface area contributed by atoms with Gasteiger partial charge in [-0.1, -0.05) is 0 Å². The Morgan fingerprint density at radius 3 is 2.48 bits per heavy atom. The molecule has 2 aromatic rings. The van der Waals surface area contributed by atoms with E-state index in [2.05, 4.69) is 4.98 Å². The summed E-state index contributed by atoms with van der Waals surface area (Å²) in [6.07, 6.45) is 2.37. The van der Waals surface area contributed by atoms with Crippen molar-refractivity contribution in [2.75, 3.05) is 13.1 Å². The van der Waals surface area contributed by atoms with E-state index in [1.807, 2.05) is 24.6 Å². The zero-order valence-electron chi connectivity index (χ0n) is 14.2. The third-order valence-corrected chi connectivity index (χ3v) is 4.66. The molecular formula is C18H21F2N3O2. The Bertz CT molecular complexity index is 781. The predicted octanol–water partition coefficient (Wildman–Crippen LogP) is 4.27. The van der Waals surface area contributed by atoms with Gasteiger partial charge >= 0.3 is 6.09 Å². The lowest BCUT2D eigenvalue weighted by molar-refractivity contribution is 0.131. The lowest BCUT2D eigenvalue weighted by Gasteiger charge is -2.30. The van der Waals surface area contributed by atoms with Gasteiger partial charge in [0.05, 0.1) is 5.69 Å². The van der Waals surface area contributed by atoms with E-state index in [4.69, 9.17) is 5.11 Å². The summed E-state index contributed by atoms with van der Waals surface area (Å²) in [7, 11) is 0. The van der Waals surface area contributed by atoms with Gasteiger partial charge in [-0.05, 0) is 44.9 Å². The molecule has 0 radical (unpaired) electrons. The van der Waals surface area contributed by atoms with Crippen molar-refractivity contribution in [3.8, 4) is 11.3 Å². The molecule has 1 N–H and O–H groups in total. The molecular weight excluding hydrogens is 328 g/mol. The van der Waals surface area contributed by atoms with Crippen LogP contribution < -0.4 is 0 Å². The fourth-order valence-corrected chi connectivity index (χ4v) is 3.25. The Balaban J connectivity index is 1.90. The van der Waals surface area contributed by atoms with Crippen LogP contribution in [-0.2, 0) is 0 Å². The van der Waals surface area contributed by atoms with Crippen LogP contribution in [0.5, 0.6) is 0 Å². The molecule has 3 rings (SSSR count). The quantitative estimate of drug-likeness (QED) is 0.900. The molecule has 0 bridgehead atoms. The zero-order chi connectivity index (χ0) is 18.1. The van der Waals surface area contributed by atoms with E-state index in [0.717, 1.165) is 18.0 Å². The topological polar surface area (TPSA) is 58.4 Å². The molecule has 1 amide bonds. The maximum Gasteiger partial charge on any atom is 0.407 e. The molecule has 1 fully saturated rings. The van der Waals surface area contributed by atoms with Gasteiger partial charge in [-0.15, -0.1) is 0 Å². The second-order valence-corrected chi connectivity index (χ2v) is 6.66. The van der Waals surface area contributed by atoms with Gasteiger partial charge in [0.1, 0.15) is 5.82 Å². The summed E-state index contributed by atoms with van der Waals surface area (Å²) in [6.45, 7) is 5.02. The first-order valence-corrected chi connectivity index (χ1v) is 8.39. The number of likely N-dealkylation sites (tertiary alicyclic amines) is 1. The maximum atomic E-state index is 13.5. The Kier molecular flexibility index (Phi) is 4.74. The molecule has 0 saturated carbocycles. The lowest BCUT2D eigenvalue weighted by atomic mass is 9.96. The number of carboxylic acid groups (broad SMARTS) is 1. The van der Waals surface area contributed by atoms with E-state index in [9.17, 15) is 13.6 Å². The molecule has 0 spiro atoms. The number of piperidine rings is 1. The molecule has 1 aliphatic rings. The number of rotatable bonds is 3. The highest BCUT2D eigenvalue weighted by molar-refractivity contribution is 5.65. The summed E-state index contributed by atoms with van der Waals surface area (Å²) in [5.74, 6) is -0.752. The van der Waals surface area contributed by atoms with Crippen molar-refractivity contribution in [2.45, 2.75) is 38.6 Å². The number of nitrogens with zero attached hydrogens (tertiary/aromatic N) is 3. The van der Waals surface area contributed by atoms with Crippen molar-refractivity contribution < 1.29 is 18.7 Å². The summed E-state index contributed by atoms with van der Waals surface area (Å²) >= 11 is 0. The molecule has 25 heavy (non-hydrogen) atoms. The number of imidazole rings is 1. The van der Waals surface area contributed by atoms with Crippen molar-refractivity contribution in [3.63, 3.8) is 0 Å². The van der Waals surface area contributed by atoms with E-state index >= 15 is 0 Å². The number of aromatic nitrogens is 2. The fourth-order valence-electron chi connectivity index (χ4n) is 3.25. The van der Waals surface area contributed by atoms with E-state index in [0.29, 0.717) is 37.2 Å². The number of hydrogen-bond acceptors (Lipinski definition) is 2. The smallest absolute Gasteiger partial charge is 0.407 e. The first-order chi connectivity index (χ1) is 11.9. The number of hydrogen-bond donors (Lipinski definition) is 1. The van der Waals surface area contributed by atoms with E-state index in [1.54, 1.807) is 0 Å². The molecule has 1 aromatic carbocycles. The van der Waals surface area contributed by atoms with Gasteiger partial charge < -0.3 is 14.6 Å². The van der Waals surface area contributed by atoms with Crippen LogP contribution in [0.4, 0.5) is 13.6 Å². The van der Waals surface area contributed by atoms with Gasteiger partial charge in [0, 0.05) is 36.8 Å². The van der Waals surface area contributed by atoms with Crippen molar-refractivity contribution >= 4 is 6.09 Å². The lowest BCUT2D eigenvalue weighted by Crippen LogP contribution is -2.37. The SMILES string of the molecule is CC(C)n1cc(-c2ccc(F)c(F)c2)nc1C1CCN(C(=O)O)CC1. The second kappa shape index (κ2) is 6.82. The standard InChI is InChI=1S/C18H21F2N3O2/c1-11(2)23-10-16(13-3-4-14(19)15(20)9-13)21-17(23)12-5-7-22(8-6-12)18(24)25/h3-4,9-12H,5-8H2,1-2H3,(H,24,25). The second-order valence-electron chi connectivity index (χ2n) is 6.66. The van der Waals surface area contributed by atoms with E-state index < -0.39 is 17.7 Å². The number of halogens is 2. The molecule has 0 unspecified atom stereocenters. The van der Waals surface area contributed by atoms with Crippen LogP contribution >= 0.6 is 0 Å². The normalized spacial score (nSPS) is 15.8. The minimum atomic E-state index is -0.895. The molecule has 1 aromatic heterocycles. The van der Waals surface area contributed by atoms with Crippen LogP contribution in [-0.4, -0.2) is 38.7 Å². The van der Waals surface area contributed by atoms with Gasteiger partial charge in [0.15, 0.2) is 11.6 Å². The number of benzene rings is 1. The highest BCUT2D eigenvalue weighted by Gasteiger charge is 2.27. The summed E-state index contributed by atoms with van der Waals surface area (Å²) < 4.78 is 28.7. The minimum Gasteiger partial charge on any atom is -0.465 e. The molecule has 0 aliphatic carbocycles. The number of amides is 1. The van der Waals surface area contributed by atoms with Crippen molar-refractivity contribution in [3.05, 3.63) is 41.9 Å². The third kappa shape index (κ3) is 3.50. The van der Waals surface area contributed by atoms with E-state index in [1.165, 1.54) is 11.0 Å². The molecule has 2 heterocycles. The molecule has 0 atom stereocenters. The molecule has 1 saturated heterocycles. The van der Waals surface area contributed by atoms with Gasteiger partial charge in [-0.3, -0.25) is 0 Å². The van der Waals surface area contributed by atoms with Crippen LogP contribution in [0.1, 0.15) is 44.5 Å². The Hall–Kier alpha value is -2.44. The van der Waals surface area contributed by atoms with Crippen LogP contribution in [0, 0.1) is 11.6 Å². The maximum absolute atomic E-state index is 13.5. The monoisotopic (exact) mass is 349 g/mol. The fraction of sp³-hybridized carbons (Fsp3) is 0.444. The van der Waals surface area contributed by atoms with Gasteiger partial charge in [0.25, 0.3) is 0 Å². The van der Waals surface area contributed by atoms with Gasteiger partial charge in [-0.25, -0.2) is 18.6 Å². The first kappa shape index (κ1) is 17.4. The average molecular weight is 349 g/mol. The Morgan fingerprint density at radius 2 is 1.92 bits per heavy atom. The molecule has 7 heteroatoms. The number of carbonyl (C=O) groups is 1. The Morgan fingerprint density at radius 1 is 1.24 bits per heavy atom. The highest BCUT2D eigenvalue weighted by Crippen LogP contribution is 2.32. The average Bonchev–Trinajstić information content (AvgIpc) is 3.03. The third-order valence-electron chi connectivity index (χ3n) is 4.66. The zero-order valence-corrected chi connectivity index (χ0v) is 14.2. The van der Waals surface area contributed by atoms with Gasteiger partial charge in [-0.2, -0.15) is 0 Å². The van der Waals surface area contributed by atoms with Crippen LogP contribution in [0.25, 0.3) is 11.3 Å². The summed E-state index contributed by atoms with van der Waals surface area (Å²) in [4.78, 5) is 17.1. The molecule has 1 aliphatic heterocycles. The predicted molar refractivity (Wildman–Crippen MR) is 89.5 cm³/mol. The van der Waals surface area contributed by atoms with Crippen molar-refractivity contribution in [2.24, 2.45) is 0 Å². The van der Waals surface area contributed by atoms with Crippen molar-refractivity contribution in [1.82, 2.24) is 14.5 Å². The summed E-state index contributed by atoms with van der Waals surface area (Å²) in [6, 6.07) is 3.94. The summed E-state index contributed by atoms with van der Waals surface area (Å²) in [5, 5.41) is 9.08. The van der Waals surface area contributed by atoms with Crippen LogP contribution in [0.2, 0.25) is 0 Å². The summed E-state index contributed by atoms with van der Waals surface area (Å²) in [5.41, 5.74) is 1.13. The van der Waals surface area contributed by atoms with E-state index in [-0.39, 0.29) is 12.0 Å². The Labute approximate surface area is 144 Å². The van der Waals surface area contributed by atoms with Crippen LogP contribution in [0.15, 0.2) is 24.4 Å². The molecule has 134 valence electrons. The van der Waals surface area contributed by atoms with Gasteiger partial charge in [0.2, 0.25) is 0 Å². The minimum absolute atomic E-state index is 0.150. The van der Waals surface area contributed by atoms with Crippen LogP contribution in [0.3, 0.4) is 0 Å². The van der Waals surface area contributed by atoms with Crippen molar-refractivity contribution in [1.29, 1.82) is 0 Å². The highest BCUT2D eigenvalue weighted by atomic mass is 19.2. The molecule has 5 nitrogen and oxygen atoms in total.